The number of hydrogen-bond acceptors (Lipinski definition) is 4. The van der Waals surface area contributed by atoms with Gasteiger partial charge >= 0.3 is 0 Å². The molecule has 0 radical (unpaired) electrons. The van der Waals surface area contributed by atoms with Crippen molar-refractivity contribution in [2.75, 3.05) is 25.1 Å². The lowest BCUT2D eigenvalue weighted by Gasteiger charge is -2.27. The van der Waals surface area contributed by atoms with E-state index in [1.165, 1.54) is 0 Å². The summed E-state index contributed by atoms with van der Waals surface area (Å²) in [5.41, 5.74) is 2.17. The van der Waals surface area contributed by atoms with Crippen LogP contribution in [0.2, 0.25) is 0 Å². The average molecular weight is 238 g/mol. The Morgan fingerprint density at radius 2 is 2.53 bits per heavy atom. The van der Waals surface area contributed by atoms with Gasteiger partial charge in [0.15, 0.2) is 0 Å². The fraction of sp³-hybridized carbons (Fsp3) is 0.750. The number of aryl methyl sites for hydroxylation is 2. The first kappa shape index (κ1) is 12.4. The Kier molecular flexibility index (Phi) is 4.02. The number of rotatable bonds is 4. The molecule has 2 unspecified atom stereocenters. The second kappa shape index (κ2) is 5.51. The van der Waals surface area contributed by atoms with Crippen molar-refractivity contribution >= 4 is 5.69 Å². The summed E-state index contributed by atoms with van der Waals surface area (Å²) >= 11 is 0. The van der Waals surface area contributed by atoms with E-state index in [-0.39, 0.29) is 0 Å². The van der Waals surface area contributed by atoms with Gasteiger partial charge in [0.05, 0.1) is 24.6 Å². The average Bonchev–Trinajstić information content (AvgIpc) is 2.58. The van der Waals surface area contributed by atoms with Crippen LogP contribution in [0.4, 0.5) is 5.69 Å². The molecule has 1 aliphatic rings. The van der Waals surface area contributed by atoms with E-state index in [1.807, 2.05) is 24.9 Å². The molecule has 0 amide bonds. The van der Waals surface area contributed by atoms with E-state index in [2.05, 4.69) is 22.7 Å². The van der Waals surface area contributed by atoms with Crippen LogP contribution in [0, 0.1) is 6.92 Å². The maximum atomic E-state index is 5.45. The standard InChI is InChI=1S/C12H22N4O/c1-9(6-11-8-17-5-4-13-11)14-12-7-16(3)15-10(12)2/h7,9,11,13-14H,4-6,8H2,1-3H3. The summed E-state index contributed by atoms with van der Waals surface area (Å²) in [6.07, 6.45) is 3.09. The van der Waals surface area contributed by atoms with Gasteiger partial charge in [0.1, 0.15) is 0 Å². The minimum absolute atomic E-state index is 0.414. The smallest absolute Gasteiger partial charge is 0.0825 e. The van der Waals surface area contributed by atoms with Gasteiger partial charge in [-0.1, -0.05) is 0 Å². The summed E-state index contributed by atoms with van der Waals surface area (Å²) in [6.45, 7) is 6.83. The highest BCUT2D eigenvalue weighted by atomic mass is 16.5. The number of nitrogens with zero attached hydrogens (tertiary/aromatic N) is 2. The molecule has 0 bridgehead atoms. The molecular weight excluding hydrogens is 216 g/mol. The van der Waals surface area contributed by atoms with Crippen LogP contribution in [0.5, 0.6) is 0 Å². The second-order valence-corrected chi connectivity index (χ2v) is 4.81. The zero-order valence-corrected chi connectivity index (χ0v) is 10.9. The van der Waals surface area contributed by atoms with E-state index in [1.54, 1.807) is 0 Å². The van der Waals surface area contributed by atoms with Crippen molar-refractivity contribution in [3.8, 4) is 0 Å². The van der Waals surface area contributed by atoms with Crippen molar-refractivity contribution < 1.29 is 4.74 Å². The molecule has 0 aromatic carbocycles. The molecule has 5 nitrogen and oxygen atoms in total. The maximum absolute atomic E-state index is 5.45. The number of morpholine rings is 1. The third kappa shape index (κ3) is 3.44. The fourth-order valence-electron chi connectivity index (χ4n) is 2.26. The summed E-state index contributed by atoms with van der Waals surface area (Å²) in [7, 11) is 1.94. The first-order chi connectivity index (χ1) is 8.15. The highest BCUT2D eigenvalue weighted by Crippen LogP contribution is 2.15. The Morgan fingerprint density at radius 3 is 3.12 bits per heavy atom. The van der Waals surface area contributed by atoms with E-state index in [0.29, 0.717) is 12.1 Å². The third-order valence-corrected chi connectivity index (χ3v) is 3.05. The summed E-state index contributed by atoms with van der Waals surface area (Å²) in [5, 5.41) is 11.3. The van der Waals surface area contributed by atoms with Gasteiger partial charge in [-0.25, -0.2) is 0 Å². The molecule has 2 atom stereocenters. The lowest BCUT2D eigenvalue weighted by Crippen LogP contribution is -2.43. The van der Waals surface area contributed by atoms with Gasteiger partial charge in [-0.05, 0) is 20.3 Å². The summed E-state index contributed by atoms with van der Waals surface area (Å²) < 4.78 is 7.29. The van der Waals surface area contributed by atoms with Crippen LogP contribution in [0.3, 0.4) is 0 Å². The molecule has 2 N–H and O–H groups in total. The van der Waals surface area contributed by atoms with Gasteiger partial charge in [0.2, 0.25) is 0 Å². The maximum Gasteiger partial charge on any atom is 0.0825 e. The molecule has 1 saturated heterocycles. The molecule has 0 aliphatic carbocycles. The van der Waals surface area contributed by atoms with Gasteiger partial charge in [-0.2, -0.15) is 5.10 Å². The SMILES string of the molecule is Cc1nn(C)cc1NC(C)CC1COCCN1. The zero-order chi connectivity index (χ0) is 12.3. The Labute approximate surface area is 103 Å². The number of anilines is 1. The molecular formula is C12H22N4O. The van der Waals surface area contributed by atoms with Gasteiger partial charge in [0, 0.05) is 31.9 Å². The molecule has 5 heteroatoms. The Balaban J connectivity index is 1.83. The molecule has 0 saturated carbocycles. The first-order valence-electron chi connectivity index (χ1n) is 6.23. The quantitative estimate of drug-likeness (QED) is 0.818. The highest BCUT2D eigenvalue weighted by Gasteiger charge is 2.16. The fourth-order valence-corrected chi connectivity index (χ4v) is 2.26. The monoisotopic (exact) mass is 238 g/mol. The van der Waals surface area contributed by atoms with Crippen molar-refractivity contribution in [1.29, 1.82) is 0 Å². The van der Waals surface area contributed by atoms with E-state index in [4.69, 9.17) is 4.74 Å². The van der Waals surface area contributed by atoms with Crippen LogP contribution >= 0.6 is 0 Å². The summed E-state index contributed by atoms with van der Waals surface area (Å²) in [4.78, 5) is 0. The molecule has 2 heterocycles. The van der Waals surface area contributed by atoms with Crippen molar-refractivity contribution in [1.82, 2.24) is 15.1 Å². The van der Waals surface area contributed by atoms with Crippen molar-refractivity contribution in [3.05, 3.63) is 11.9 Å². The number of hydrogen-bond donors (Lipinski definition) is 2. The Hall–Kier alpha value is -1.07. The molecule has 2 rings (SSSR count). The van der Waals surface area contributed by atoms with Crippen LogP contribution in [0.15, 0.2) is 6.20 Å². The van der Waals surface area contributed by atoms with Gasteiger partial charge < -0.3 is 15.4 Å². The zero-order valence-electron chi connectivity index (χ0n) is 10.9. The molecule has 1 fully saturated rings. The van der Waals surface area contributed by atoms with Gasteiger partial charge in [-0.15, -0.1) is 0 Å². The molecule has 0 spiro atoms. The predicted molar refractivity (Wildman–Crippen MR) is 68.3 cm³/mol. The Morgan fingerprint density at radius 1 is 1.71 bits per heavy atom. The van der Waals surface area contributed by atoms with Crippen LogP contribution in [-0.2, 0) is 11.8 Å². The van der Waals surface area contributed by atoms with E-state index >= 15 is 0 Å². The van der Waals surface area contributed by atoms with Crippen LogP contribution in [0.1, 0.15) is 19.0 Å². The van der Waals surface area contributed by atoms with E-state index in [9.17, 15) is 0 Å². The third-order valence-electron chi connectivity index (χ3n) is 3.05. The van der Waals surface area contributed by atoms with E-state index in [0.717, 1.165) is 37.6 Å². The number of ether oxygens (including phenoxy) is 1. The minimum Gasteiger partial charge on any atom is -0.380 e. The molecule has 1 aromatic rings. The number of aromatic nitrogens is 2. The molecule has 96 valence electrons. The first-order valence-corrected chi connectivity index (χ1v) is 6.23. The minimum atomic E-state index is 0.414. The topological polar surface area (TPSA) is 51.1 Å². The van der Waals surface area contributed by atoms with Crippen molar-refractivity contribution in [2.24, 2.45) is 7.05 Å². The highest BCUT2D eigenvalue weighted by molar-refractivity contribution is 5.46. The summed E-state index contributed by atoms with van der Waals surface area (Å²) in [6, 6.07) is 0.875. The van der Waals surface area contributed by atoms with Gasteiger partial charge in [-0.3, -0.25) is 4.68 Å². The second-order valence-electron chi connectivity index (χ2n) is 4.81. The lowest BCUT2D eigenvalue weighted by atomic mass is 10.1. The molecule has 1 aliphatic heterocycles. The lowest BCUT2D eigenvalue weighted by molar-refractivity contribution is 0.0731. The van der Waals surface area contributed by atoms with Crippen LogP contribution < -0.4 is 10.6 Å². The predicted octanol–water partition coefficient (Wildman–Crippen LogP) is 0.907. The number of nitrogens with one attached hydrogen (secondary N) is 2. The molecule has 1 aromatic heterocycles. The largest absolute Gasteiger partial charge is 0.380 e. The Bertz CT molecular complexity index is 357. The van der Waals surface area contributed by atoms with Crippen molar-refractivity contribution in [2.45, 2.75) is 32.4 Å². The van der Waals surface area contributed by atoms with Crippen molar-refractivity contribution in [3.63, 3.8) is 0 Å². The van der Waals surface area contributed by atoms with Crippen LogP contribution in [0.25, 0.3) is 0 Å². The molecule has 17 heavy (non-hydrogen) atoms. The summed E-state index contributed by atoms with van der Waals surface area (Å²) in [5.74, 6) is 0. The van der Waals surface area contributed by atoms with Crippen LogP contribution in [-0.4, -0.2) is 41.6 Å². The van der Waals surface area contributed by atoms with E-state index < -0.39 is 0 Å². The van der Waals surface area contributed by atoms with Gasteiger partial charge in [0.25, 0.3) is 0 Å². The normalized spacial score (nSPS) is 22.4.